The smallest absolute Gasteiger partial charge is 0.213 e. The summed E-state index contributed by atoms with van der Waals surface area (Å²) in [4.78, 5) is 11.1. The van der Waals surface area contributed by atoms with Crippen molar-refractivity contribution >= 4 is 29.9 Å². The summed E-state index contributed by atoms with van der Waals surface area (Å²) in [6, 6.07) is 4.08. The van der Waals surface area contributed by atoms with Gasteiger partial charge in [0.2, 0.25) is 5.88 Å². The van der Waals surface area contributed by atoms with Crippen molar-refractivity contribution in [2.45, 2.75) is 64.0 Å². The van der Waals surface area contributed by atoms with Gasteiger partial charge in [-0.1, -0.05) is 12.5 Å². The Labute approximate surface area is 192 Å². The molecule has 1 N–H and O–H groups in total. The second-order valence-electron chi connectivity index (χ2n) is 8.05. The van der Waals surface area contributed by atoms with Crippen molar-refractivity contribution in [1.29, 1.82) is 0 Å². The first-order chi connectivity index (χ1) is 13.7. The summed E-state index contributed by atoms with van der Waals surface area (Å²) >= 11 is 0. The van der Waals surface area contributed by atoms with E-state index in [1.807, 2.05) is 19.3 Å². The number of nitrogens with zero attached hydrogens (tertiary/aromatic N) is 3. The van der Waals surface area contributed by atoms with E-state index in [-0.39, 0.29) is 24.0 Å². The standard InChI is InChI=1S/C22H36N4O2.HI/c1-23-22(26(2)13-10-18-11-14-27-15-12-18)25-17-19-8-9-21(24-16-19)28-20-6-4-3-5-7-20;/h8-9,16,18,20H,3-7,10-15,17H2,1-2H3,(H,23,25);1H. The maximum Gasteiger partial charge on any atom is 0.213 e. The Bertz CT molecular complexity index is 599. The number of pyridine rings is 1. The third kappa shape index (κ3) is 8.28. The fraction of sp³-hybridized carbons (Fsp3) is 0.727. The fourth-order valence-electron chi connectivity index (χ4n) is 4.02. The number of ether oxygens (including phenoxy) is 2. The molecule has 2 fully saturated rings. The molecule has 1 aromatic rings. The summed E-state index contributed by atoms with van der Waals surface area (Å²) in [5.74, 6) is 2.44. The monoisotopic (exact) mass is 516 g/mol. The molecule has 0 amide bonds. The lowest BCUT2D eigenvalue weighted by molar-refractivity contribution is 0.0625. The SMILES string of the molecule is CN=C(NCc1ccc(OC2CCCCC2)nc1)N(C)CCC1CCOCC1.I. The number of hydrogen-bond acceptors (Lipinski definition) is 4. The molecule has 7 heteroatoms. The third-order valence-corrected chi connectivity index (χ3v) is 5.87. The van der Waals surface area contributed by atoms with Crippen LogP contribution in [0.4, 0.5) is 0 Å². The molecule has 0 unspecified atom stereocenters. The van der Waals surface area contributed by atoms with E-state index in [0.717, 1.165) is 55.9 Å². The number of aromatic nitrogens is 1. The van der Waals surface area contributed by atoms with E-state index in [9.17, 15) is 0 Å². The van der Waals surface area contributed by atoms with Gasteiger partial charge in [0.15, 0.2) is 5.96 Å². The van der Waals surface area contributed by atoms with Crippen molar-refractivity contribution in [3.8, 4) is 5.88 Å². The second-order valence-corrected chi connectivity index (χ2v) is 8.05. The highest BCUT2D eigenvalue weighted by atomic mass is 127. The van der Waals surface area contributed by atoms with Crippen LogP contribution < -0.4 is 10.1 Å². The highest BCUT2D eigenvalue weighted by molar-refractivity contribution is 14.0. The molecule has 2 heterocycles. The largest absolute Gasteiger partial charge is 0.474 e. The van der Waals surface area contributed by atoms with E-state index in [4.69, 9.17) is 9.47 Å². The van der Waals surface area contributed by atoms with Gasteiger partial charge in [-0.3, -0.25) is 4.99 Å². The Balaban J connectivity index is 0.00000300. The number of guanidine groups is 1. The molecular weight excluding hydrogens is 479 g/mol. The number of hydrogen-bond donors (Lipinski definition) is 1. The molecule has 0 atom stereocenters. The van der Waals surface area contributed by atoms with Crippen LogP contribution in [0.5, 0.6) is 5.88 Å². The van der Waals surface area contributed by atoms with Crippen molar-refractivity contribution in [3.05, 3.63) is 23.9 Å². The van der Waals surface area contributed by atoms with Crippen LogP contribution in [-0.2, 0) is 11.3 Å². The average molecular weight is 516 g/mol. The molecule has 6 nitrogen and oxygen atoms in total. The zero-order valence-electron chi connectivity index (χ0n) is 17.9. The van der Waals surface area contributed by atoms with Gasteiger partial charge in [-0.15, -0.1) is 24.0 Å². The third-order valence-electron chi connectivity index (χ3n) is 5.87. The molecule has 29 heavy (non-hydrogen) atoms. The maximum absolute atomic E-state index is 6.01. The summed E-state index contributed by atoms with van der Waals surface area (Å²) in [6.07, 6.45) is 12.0. The summed E-state index contributed by atoms with van der Waals surface area (Å²) < 4.78 is 11.5. The number of aliphatic imine (C=N–C) groups is 1. The minimum absolute atomic E-state index is 0. The minimum Gasteiger partial charge on any atom is -0.474 e. The zero-order valence-corrected chi connectivity index (χ0v) is 20.3. The Morgan fingerprint density at radius 2 is 1.97 bits per heavy atom. The van der Waals surface area contributed by atoms with Gasteiger partial charge in [-0.25, -0.2) is 4.98 Å². The lowest BCUT2D eigenvalue weighted by Gasteiger charge is -2.26. The average Bonchev–Trinajstić information content (AvgIpc) is 2.75. The normalized spacial score (nSPS) is 18.8. The van der Waals surface area contributed by atoms with E-state index < -0.39 is 0 Å². The van der Waals surface area contributed by atoms with Crippen LogP contribution in [0.2, 0.25) is 0 Å². The highest BCUT2D eigenvalue weighted by Crippen LogP contribution is 2.22. The van der Waals surface area contributed by atoms with Gasteiger partial charge in [0.05, 0.1) is 0 Å². The first-order valence-corrected chi connectivity index (χ1v) is 10.9. The number of nitrogens with one attached hydrogen (secondary N) is 1. The summed E-state index contributed by atoms with van der Waals surface area (Å²) in [5.41, 5.74) is 1.13. The van der Waals surface area contributed by atoms with Crippen LogP contribution in [0.3, 0.4) is 0 Å². The molecule has 1 saturated carbocycles. The molecule has 1 aliphatic heterocycles. The molecule has 1 saturated heterocycles. The Kier molecular flexibility index (Phi) is 11.1. The predicted octanol–water partition coefficient (Wildman–Crippen LogP) is 4.24. The topological polar surface area (TPSA) is 59.0 Å². The van der Waals surface area contributed by atoms with Crippen LogP contribution in [0.25, 0.3) is 0 Å². The van der Waals surface area contributed by atoms with Gasteiger partial charge < -0.3 is 19.7 Å². The van der Waals surface area contributed by atoms with Gasteiger partial charge in [-0.05, 0) is 56.4 Å². The first kappa shape index (κ1) is 24.2. The summed E-state index contributed by atoms with van der Waals surface area (Å²) in [5, 5.41) is 3.44. The Morgan fingerprint density at radius 3 is 2.62 bits per heavy atom. The molecule has 2 aliphatic rings. The molecule has 1 aliphatic carbocycles. The van der Waals surface area contributed by atoms with Crippen molar-refractivity contribution in [2.24, 2.45) is 10.9 Å². The Morgan fingerprint density at radius 1 is 1.21 bits per heavy atom. The molecule has 0 aromatic carbocycles. The van der Waals surface area contributed by atoms with E-state index in [1.54, 1.807) is 0 Å². The molecule has 3 rings (SSSR count). The number of rotatable bonds is 7. The van der Waals surface area contributed by atoms with Gasteiger partial charge in [0, 0.05) is 52.7 Å². The first-order valence-electron chi connectivity index (χ1n) is 10.9. The van der Waals surface area contributed by atoms with Crippen molar-refractivity contribution in [2.75, 3.05) is 33.9 Å². The number of halogens is 1. The quantitative estimate of drug-likeness (QED) is 0.334. The lowest BCUT2D eigenvalue weighted by atomic mass is 9.96. The molecule has 0 spiro atoms. The maximum atomic E-state index is 6.01. The molecule has 0 bridgehead atoms. The molecule has 1 aromatic heterocycles. The summed E-state index contributed by atoms with van der Waals surface area (Å²) in [7, 11) is 3.95. The Hall–Kier alpha value is -1.09. The molecular formula is C22H37IN4O2. The van der Waals surface area contributed by atoms with Crippen molar-refractivity contribution < 1.29 is 9.47 Å². The highest BCUT2D eigenvalue weighted by Gasteiger charge is 2.16. The van der Waals surface area contributed by atoms with Gasteiger partial charge in [0.25, 0.3) is 0 Å². The lowest BCUT2D eigenvalue weighted by Crippen LogP contribution is -2.39. The van der Waals surface area contributed by atoms with Crippen LogP contribution in [0.1, 0.15) is 56.9 Å². The van der Waals surface area contributed by atoms with E-state index >= 15 is 0 Å². The fourth-order valence-corrected chi connectivity index (χ4v) is 4.02. The van der Waals surface area contributed by atoms with Gasteiger partial charge in [-0.2, -0.15) is 0 Å². The van der Waals surface area contributed by atoms with Crippen molar-refractivity contribution in [3.63, 3.8) is 0 Å². The van der Waals surface area contributed by atoms with Gasteiger partial charge in [0.1, 0.15) is 6.10 Å². The second kappa shape index (κ2) is 13.3. The minimum atomic E-state index is 0. The molecule has 0 radical (unpaired) electrons. The van der Waals surface area contributed by atoms with Crippen LogP contribution >= 0.6 is 24.0 Å². The van der Waals surface area contributed by atoms with E-state index in [0.29, 0.717) is 12.6 Å². The molecule has 164 valence electrons. The van der Waals surface area contributed by atoms with Crippen LogP contribution in [0, 0.1) is 5.92 Å². The van der Waals surface area contributed by atoms with Crippen LogP contribution in [-0.4, -0.2) is 55.8 Å². The van der Waals surface area contributed by atoms with Crippen LogP contribution in [0.15, 0.2) is 23.3 Å². The van der Waals surface area contributed by atoms with E-state index in [2.05, 4.69) is 33.3 Å². The van der Waals surface area contributed by atoms with Gasteiger partial charge >= 0.3 is 0 Å². The predicted molar refractivity (Wildman–Crippen MR) is 128 cm³/mol. The zero-order chi connectivity index (χ0) is 19.6. The van der Waals surface area contributed by atoms with E-state index in [1.165, 1.54) is 38.5 Å². The summed E-state index contributed by atoms with van der Waals surface area (Å²) in [6.45, 7) is 3.55. The van der Waals surface area contributed by atoms with Crippen molar-refractivity contribution in [1.82, 2.24) is 15.2 Å².